The first-order valence-electron chi connectivity index (χ1n) is 4.19. The summed E-state index contributed by atoms with van der Waals surface area (Å²) < 4.78 is 13.1. The highest BCUT2D eigenvalue weighted by atomic mass is 19.1. The van der Waals surface area contributed by atoms with Crippen LogP contribution in [0.5, 0.6) is 0 Å². The molecule has 0 aliphatic heterocycles. The van der Waals surface area contributed by atoms with Gasteiger partial charge in [0.2, 0.25) is 0 Å². The second kappa shape index (κ2) is 3.75. The maximum absolute atomic E-state index is 13.1. The zero-order valence-corrected chi connectivity index (χ0v) is 7.83. The van der Waals surface area contributed by atoms with Crippen LogP contribution >= 0.6 is 0 Å². The van der Waals surface area contributed by atoms with E-state index < -0.39 is 17.3 Å². The van der Waals surface area contributed by atoms with Crippen LogP contribution < -0.4 is 5.73 Å². The first-order valence-corrected chi connectivity index (χ1v) is 4.19. The molecule has 3 nitrogen and oxygen atoms in total. The van der Waals surface area contributed by atoms with E-state index in [0.29, 0.717) is 5.56 Å². The lowest BCUT2D eigenvalue weighted by atomic mass is 9.94. The van der Waals surface area contributed by atoms with Gasteiger partial charge in [0.15, 0.2) is 0 Å². The van der Waals surface area contributed by atoms with Gasteiger partial charge in [0, 0.05) is 6.42 Å². The summed E-state index contributed by atoms with van der Waals surface area (Å²) >= 11 is 0. The van der Waals surface area contributed by atoms with E-state index in [1.54, 1.807) is 12.1 Å². The molecule has 0 saturated heterocycles. The van der Waals surface area contributed by atoms with Crippen molar-refractivity contribution in [1.82, 2.24) is 0 Å². The van der Waals surface area contributed by atoms with Crippen LogP contribution in [0.1, 0.15) is 12.5 Å². The van der Waals surface area contributed by atoms with Gasteiger partial charge < -0.3 is 10.8 Å². The predicted molar refractivity (Wildman–Crippen MR) is 50.3 cm³/mol. The number of aliphatic carboxylic acids is 1. The third-order valence-electron chi connectivity index (χ3n) is 2.00. The summed E-state index contributed by atoms with van der Waals surface area (Å²) in [6.45, 7) is 1.36. The maximum Gasteiger partial charge on any atom is 0.323 e. The van der Waals surface area contributed by atoms with Gasteiger partial charge in [0.25, 0.3) is 0 Å². The van der Waals surface area contributed by atoms with Crippen molar-refractivity contribution in [2.24, 2.45) is 5.73 Å². The van der Waals surface area contributed by atoms with Crippen LogP contribution in [0.25, 0.3) is 0 Å². The van der Waals surface area contributed by atoms with Crippen molar-refractivity contribution in [3.05, 3.63) is 35.6 Å². The number of hydrogen-bond donors (Lipinski definition) is 2. The Morgan fingerprint density at radius 2 is 2.14 bits per heavy atom. The minimum atomic E-state index is -1.43. The van der Waals surface area contributed by atoms with E-state index in [9.17, 15) is 9.18 Å². The van der Waals surface area contributed by atoms with Gasteiger partial charge in [0.05, 0.1) is 0 Å². The number of halogens is 1. The monoisotopic (exact) mass is 197 g/mol. The molecule has 0 heterocycles. The summed E-state index contributed by atoms with van der Waals surface area (Å²) in [7, 11) is 0. The van der Waals surface area contributed by atoms with Crippen LogP contribution in [0.15, 0.2) is 24.3 Å². The largest absolute Gasteiger partial charge is 0.480 e. The second-order valence-corrected chi connectivity index (χ2v) is 3.49. The van der Waals surface area contributed by atoms with Crippen LogP contribution in [-0.4, -0.2) is 16.6 Å². The zero-order valence-electron chi connectivity index (χ0n) is 7.83. The summed E-state index contributed by atoms with van der Waals surface area (Å²) in [5.41, 5.74) is 4.39. The molecular formula is C10H12FNO2. The van der Waals surface area contributed by atoms with E-state index in [2.05, 4.69) is 0 Å². The topological polar surface area (TPSA) is 63.3 Å². The zero-order chi connectivity index (χ0) is 10.8. The lowest BCUT2D eigenvalue weighted by Crippen LogP contribution is -2.47. The molecule has 0 amide bonds. The van der Waals surface area contributed by atoms with Crippen molar-refractivity contribution in [1.29, 1.82) is 0 Å². The first kappa shape index (κ1) is 10.7. The van der Waals surface area contributed by atoms with Crippen molar-refractivity contribution in [3.63, 3.8) is 0 Å². The highest BCUT2D eigenvalue weighted by Crippen LogP contribution is 2.14. The fraction of sp³-hybridized carbons (Fsp3) is 0.300. The van der Waals surface area contributed by atoms with Crippen molar-refractivity contribution in [3.8, 4) is 0 Å². The van der Waals surface area contributed by atoms with Gasteiger partial charge in [0.1, 0.15) is 11.4 Å². The van der Waals surface area contributed by atoms with Gasteiger partial charge in [-0.2, -0.15) is 0 Å². The third-order valence-corrected chi connectivity index (χ3v) is 2.00. The molecule has 1 aromatic rings. The van der Waals surface area contributed by atoms with E-state index in [1.165, 1.54) is 19.1 Å². The van der Waals surface area contributed by atoms with Gasteiger partial charge in [-0.25, -0.2) is 4.39 Å². The Morgan fingerprint density at radius 1 is 1.57 bits per heavy atom. The van der Waals surface area contributed by atoms with Crippen molar-refractivity contribution in [2.75, 3.05) is 0 Å². The Bertz CT molecular complexity index is 350. The molecule has 0 fully saturated rings. The van der Waals surface area contributed by atoms with E-state index in [1.807, 2.05) is 0 Å². The smallest absolute Gasteiger partial charge is 0.323 e. The summed E-state index contributed by atoms with van der Waals surface area (Å²) in [5.74, 6) is -1.56. The minimum absolute atomic E-state index is 0.0188. The molecule has 0 aliphatic rings. The number of carboxylic acids is 1. The van der Waals surface area contributed by atoms with Gasteiger partial charge >= 0.3 is 5.97 Å². The summed E-state index contributed by atoms with van der Waals surface area (Å²) in [5, 5.41) is 8.75. The molecule has 0 spiro atoms. The van der Waals surface area contributed by atoms with Crippen molar-refractivity contribution < 1.29 is 14.3 Å². The van der Waals surface area contributed by atoms with E-state index in [4.69, 9.17) is 10.8 Å². The molecule has 76 valence electrons. The Morgan fingerprint density at radius 3 is 2.64 bits per heavy atom. The molecule has 4 heteroatoms. The van der Waals surface area contributed by atoms with Gasteiger partial charge in [-0.15, -0.1) is 0 Å². The highest BCUT2D eigenvalue weighted by Gasteiger charge is 2.28. The molecular weight excluding hydrogens is 185 g/mol. The Balaban J connectivity index is 2.89. The molecule has 0 radical (unpaired) electrons. The molecule has 0 aliphatic carbocycles. The van der Waals surface area contributed by atoms with Crippen LogP contribution in [0.3, 0.4) is 0 Å². The Hall–Kier alpha value is -1.42. The number of hydrogen-bond acceptors (Lipinski definition) is 2. The molecule has 1 rings (SSSR count). The highest BCUT2D eigenvalue weighted by molar-refractivity contribution is 5.78. The molecule has 1 atom stereocenters. The predicted octanol–water partition coefficient (Wildman–Crippen LogP) is 1.17. The lowest BCUT2D eigenvalue weighted by Gasteiger charge is -2.19. The SMILES string of the molecule is C[C@@](N)(Cc1ccccc1F)C(=O)O. The van der Waals surface area contributed by atoms with Crippen LogP contribution in [-0.2, 0) is 11.2 Å². The van der Waals surface area contributed by atoms with Gasteiger partial charge in [-0.1, -0.05) is 18.2 Å². The molecule has 14 heavy (non-hydrogen) atoms. The summed E-state index contributed by atoms with van der Waals surface area (Å²) in [4.78, 5) is 10.7. The number of carbonyl (C=O) groups is 1. The van der Waals surface area contributed by atoms with Gasteiger partial charge in [-0.05, 0) is 18.6 Å². The molecule has 0 aromatic heterocycles. The average molecular weight is 197 g/mol. The van der Waals surface area contributed by atoms with Gasteiger partial charge in [-0.3, -0.25) is 4.79 Å². The standard InChI is InChI=1S/C10H12FNO2/c1-10(12,9(13)14)6-7-4-2-3-5-8(7)11/h2-5H,6,12H2,1H3,(H,13,14)/t10-/m1/s1. The molecule has 1 aromatic carbocycles. The number of rotatable bonds is 3. The second-order valence-electron chi connectivity index (χ2n) is 3.49. The molecule has 0 bridgehead atoms. The Labute approximate surface area is 81.4 Å². The maximum atomic E-state index is 13.1. The lowest BCUT2D eigenvalue weighted by molar-refractivity contribution is -0.142. The van der Waals surface area contributed by atoms with E-state index in [-0.39, 0.29) is 6.42 Å². The van der Waals surface area contributed by atoms with E-state index >= 15 is 0 Å². The Kier molecular flexibility index (Phi) is 2.86. The number of nitrogens with two attached hydrogens (primary N) is 1. The minimum Gasteiger partial charge on any atom is -0.480 e. The van der Waals surface area contributed by atoms with Crippen LogP contribution in [0.4, 0.5) is 4.39 Å². The molecule has 0 saturated carbocycles. The summed E-state index contributed by atoms with van der Waals surface area (Å²) in [6.07, 6.45) is -0.0188. The summed E-state index contributed by atoms with van der Waals surface area (Å²) in [6, 6.07) is 6.01. The first-order chi connectivity index (χ1) is 6.43. The van der Waals surface area contributed by atoms with E-state index in [0.717, 1.165) is 0 Å². The fourth-order valence-corrected chi connectivity index (χ4v) is 1.11. The normalized spacial score (nSPS) is 14.8. The molecule has 0 unspecified atom stereocenters. The van der Waals surface area contributed by atoms with Crippen LogP contribution in [0.2, 0.25) is 0 Å². The number of benzene rings is 1. The molecule has 3 N–H and O–H groups in total. The quantitative estimate of drug-likeness (QED) is 0.764. The van der Waals surface area contributed by atoms with Crippen molar-refractivity contribution in [2.45, 2.75) is 18.9 Å². The van der Waals surface area contributed by atoms with Crippen LogP contribution in [0, 0.1) is 5.82 Å². The van der Waals surface area contributed by atoms with Crippen molar-refractivity contribution >= 4 is 5.97 Å². The third kappa shape index (κ3) is 2.29. The number of carboxylic acid groups (broad SMARTS) is 1. The average Bonchev–Trinajstić information content (AvgIpc) is 2.08. The fourth-order valence-electron chi connectivity index (χ4n) is 1.11.